The number of hydrogen-bond acceptors (Lipinski definition) is 3. The van der Waals surface area contributed by atoms with E-state index in [0.717, 1.165) is 25.9 Å². The van der Waals surface area contributed by atoms with Gasteiger partial charge in [-0.25, -0.2) is 0 Å². The third-order valence-electron chi connectivity index (χ3n) is 3.37. The Morgan fingerprint density at radius 3 is 2.19 bits per heavy atom. The zero-order valence-electron chi connectivity index (χ0n) is 13.3. The molecule has 2 amide bonds. The van der Waals surface area contributed by atoms with Crippen LogP contribution in [0, 0.1) is 0 Å². The molecule has 0 aliphatic rings. The molecule has 1 heterocycles. The first kappa shape index (κ1) is 17.3. The van der Waals surface area contributed by atoms with E-state index in [1.54, 1.807) is 11.0 Å². The molecule has 0 bridgehead atoms. The van der Waals surface area contributed by atoms with E-state index in [-0.39, 0.29) is 11.8 Å². The summed E-state index contributed by atoms with van der Waals surface area (Å²) in [5.41, 5.74) is 0.531. The average Bonchev–Trinajstić information content (AvgIpc) is 3.01. The molecule has 21 heavy (non-hydrogen) atoms. The molecule has 5 heteroatoms. The van der Waals surface area contributed by atoms with Crippen LogP contribution in [0.2, 0.25) is 0 Å². The van der Waals surface area contributed by atoms with Crippen molar-refractivity contribution in [2.24, 2.45) is 0 Å². The summed E-state index contributed by atoms with van der Waals surface area (Å²) < 4.78 is 4.94. The van der Waals surface area contributed by atoms with Gasteiger partial charge in [0.2, 0.25) is 5.91 Å². The summed E-state index contributed by atoms with van der Waals surface area (Å²) in [5, 5.41) is 0. The fourth-order valence-corrected chi connectivity index (χ4v) is 2.26. The molecule has 0 radical (unpaired) electrons. The number of carbonyl (C=O) groups is 2. The van der Waals surface area contributed by atoms with E-state index < -0.39 is 0 Å². The van der Waals surface area contributed by atoms with Gasteiger partial charge in [-0.3, -0.25) is 9.59 Å². The molecule has 1 rings (SSSR count). The molecular weight excluding hydrogens is 268 g/mol. The summed E-state index contributed by atoms with van der Waals surface area (Å²) in [5.74, 6) is 0.0359. The maximum absolute atomic E-state index is 12.2. The lowest BCUT2D eigenvalue weighted by molar-refractivity contribution is -0.131. The molecule has 1 aromatic rings. The van der Waals surface area contributed by atoms with Gasteiger partial charge in [0.25, 0.3) is 5.91 Å². The molecule has 0 atom stereocenters. The molecule has 0 unspecified atom stereocenters. The Hall–Kier alpha value is -1.78. The van der Waals surface area contributed by atoms with E-state index in [1.165, 1.54) is 12.5 Å². The van der Waals surface area contributed by atoms with Crippen molar-refractivity contribution in [3.05, 3.63) is 24.2 Å². The predicted octanol–water partition coefficient (Wildman–Crippen LogP) is 2.78. The van der Waals surface area contributed by atoms with Crippen LogP contribution >= 0.6 is 0 Å². The Morgan fingerprint density at radius 2 is 1.71 bits per heavy atom. The highest BCUT2D eigenvalue weighted by atomic mass is 16.3. The zero-order valence-corrected chi connectivity index (χ0v) is 13.3. The third-order valence-corrected chi connectivity index (χ3v) is 3.37. The third kappa shape index (κ3) is 5.25. The quantitative estimate of drug-likeness (QED) is 0.703. The van der Waals surface area contributed by atoms with Gasteiger partial charge < -0.3 is 14.2 Å². The summed E-state index contributed by atoms with van der Waals surface area (Å²) in [6, 6.07) is 1.65. The summed E-state index contributed by atoms with van der Waals surface area (Å²) >= 11 is 0. The highest BCUT2D eigenvalue weighted by Crippen LogP contribution is 2.07. The van der Waals surface area contributed by atoms with Gasteiger partial charge in [-0.15, -0.1) is 0 Å². The van der Waals surface area contributed by atoms with Gasteiger partial charge in [-0.2, -0.15) is 0 Å². The molecule has 0 aliphatic heterocycles. The second-order valence-corrected chi connectivity index (χ2v) is 5.03. The standard InChI is InChI=1S/C16H26N2O3/c1-4-9-18(10-5-2)15(19)7-11-17(6-3)16(20)14-8-12-21-13-14/h8,12-13H,4-7,9-11H2,1-3H3. The molecule has 118 valence electrons. The Morgan fingerprint density at radius 1 is 1.05 bits per heavy atom. The van der Waals surface area contributed by atoms with Gasteiger partial charge in [-0.05, 0) is 25.8 Å². The van der Waals surface area contributed by atoms with Gasteiger partial charge >= 0.3 is 0 Å². The second-order valence-electron chi connectivity index (χ2n) is 5.03. The molecule has 0 saturated carbocycles. The van der Waals surface area contributed by atoms with E-state index in [2.05, 4.69) is 13.8 Å². The molecule has 1 aromatic heterocycles. The number of amides is 2. The van der Waals surface area contributed by atoms with Gasteiger partial charge in [-0.1, -0.05) is 13.8 Å². The Kier molecular flexibility index (Phi) is 7.58. The van der Waals surface area contributed by atoms with Crippen LogP contribution in [0.15, 0.2) is 23.0 Å². The van der Waals surface area contributed by atoms with Crippen molar-refractivity contribution in [3.8, 4) is 0 Å². The minimum Gasteiger partial charge on any atom is -0.472 e. The normalized spacial score (nSPS) is 10.4. The zero-order chi connectivity index (χ0) is 15.7. The van der Waals surface area contributed by atoms with Crippen molar-refractivity contribution >= 4 is 11.8 Å². The van der Waals surface area contributed by atoms with Crippen molar-refractivity contribution in [2.75, 3.05) is 26.2 Å². The number of hydrogen-bond donors (Lipinski definition) is 0. The van der Waals surface area contributed by atoms with Gasteiger partial charge in [0.15, 0.2) is 0 Å². The van der Waals surface area contributed by atoms with Crippen LogP contribution in [-0.2, 0) is 4.79 Å². The Balaban J connectivity index is 2.54. The number of furan rings is 1. The van der Waals surface area contributed by atoms with E-state index in [1.807, 2.05) is 11.8 Å². The number of rotatable bonds is 9. The van der Waals surface area contributed by atoms with Crippen molar-refractivity contribution in [1.29, 1.82) is 0 Å². The summed E-state index contributed by atoms with van der Waals surface area (Å²) in [7, 11) is 0. The van der Waals surface area contributed by atoms with E-state index >= 15 is 0 Å². The first-order valence-corrected chi connectivity index (χ1v) is 7.73. The monoisotopic (exact) mass is 294 g/mol. The van der Waals surface area contributed by atoms with Crippen LogP contribution < -0.4 is 0 Å². The summed E-state index contributed by atoms with van der Waals surface area (Å²) in [4.78, 5) is 28.0. The van der Waals surface area contributed by atoms with Crippen LogP contribution in [0.4, 0.5) is 0 Å². The van der Waals surface area contributed by atoms with E-state index in [0.29, 0.717) is 25.1 Å². The van der Waals surface area contributed by atoms with Crippen LogP contribution in [0.3, 0.4) is 0 Å². The minimum absolute atomic E-state index is 0.0865. The topological polar surface area (TPSA) is 53.8 Å². The largest absolute Gasteiger partial charge is 0.472 e. The predicted molar refractivity (Wildman–Crippen MR) is 82.1 cm³/mol. The van der Waals surface area contributed by atoms with Crippen LogP contribution in [-0.4, -0.2) is 47.8 Å². The van der Waals surface area contributed by atoms with Gasteiger partial charge in [0, 0.05) is 32.6 Å². The van der Waals surface area contributed by atoms with Crippen molar-refractivity contribution in [1.82, 2.24) is 9.80 Å². The molecule has 5 nitrogen and oxygen atoms in total. The summed E-state index contributed by atoms with van der Waals surface area (Å²) in [6.45, 7) is 8.65. The summed E-state index contributed by atoms with van der Waals surface area (Å²) in [6.07, 6.45) is 5.20. The van der Waals surface area contributed by atoms with Crippen molar-refractivity contribution < 1.29 is 14.0 Å². The number of nitrogens with zero attached hydrogens (tertiary/aromatic N) is 2. The van der Waals surface area contributed by atoms with Crippen LogP contribution in [0.1, 0.15) is 50.4 Å². The fourth-order valence-electron chi connectivity index (χ4n) is 2.26. The first-order valence-electron chi connectivity index (χ1n) is 7.73. The molecule has 0 N–H and O–H groups in total. The Labute approximate surface area is 126 Å². The highest BCUT2D eigenvalue weighted by molar-refractivity contribution is 5.94. The van der Waals surface area contributed by atoms with Crippen LogP contribution in [0.5, 0.6) is 0 Å². The van der Waals surface area contributed by atoms with E-state index in [4.69, 9.17) is 4.42 Å². The maximum atomic E-state index is 12.2. The van der Waals surface area contributed by atoms with Crippen molar-refractivity contribution in [2.45, 2.75) is 40.0 Å². The average molecular weight is 294 g/mol. The lowest BCUT2D eigenvalue weighted by Crippen LogP contribution is -2.37. The highest BCUT2D eigenvalue weighted by Gasteiger charge is 2.18. The first-order chi connectivity index (χ1) is 10.1. The molecule has 0 fully saturated rings. The lowest BCUT2D eigenvalue weighted by atomic mass is 10.2. The van der Waals surface area contributed by atoms with Crippen LogP contribution in [0.25, 0.3) is 0 Å². The lowest BCUT2D eigenvalue weighted by Gasteiger charge is -2.24. The molecular formula is C16H26N2O3. The SMILES string of the molecule is CCCN(CCC)C(=O)CCN(CC)C(=O)c1ccoc1. The van der Waals surface area contributed by atoms with Gasteiger partial charge in [0.05, 0.1) is 11.8 Å². The Bertz CT molecular complexity index is 423. The molecule has 0 saturated heterocycles. The second kappa shape index (κ2) is 9.21. The smallest absolute Gasteiger partial charge is 0.257 e. The maximum Gasteiger partial charge on any atom is 0.257 e. The molecule has 0 aromatic carbocycles. The van der Waals surface area contributed by atoms with E-state index in [9.17, 15) is 9.59 Å². The minimum atomic E-state index is -0.0865. The van der Waals surface area contributed by atoms with Crippen molar-refractivity contribution in [3.63, 3.8) is 0 Å². The van der Waals surface area contributed by atoms with Gasteiger partial charge in [0.1, 0.15) is 6.26 Å². The fraction of sp³-hybridized carbons (Fsp3) is 0.625. The number of carbonyl (C=O) groups excluding carboxylic acids is 2. The molecule has 0 spiro atoms. The molecule has 0 aliphatic carbocycles.